The summed E-state index contributed by atoms with van der Waals surface area (Å²) in [6.45, 7) is 1.74. The topological polar surface area (TPSA) is 35.5 Å². The van der Waals surface area contributed by atoms with Crippen LogP contribution in [0.5, 0.6) is 0 Å². The molecule has 1 fully saturated rings. The van der Waals surface area contributed by atoms with Gasteiger partial charge >= 0.3 is 0 Å². The summed E-state index contributed by atoms with van der Waals surface area (Å²) in [5, 5.41) is 0. The Labute approximate surface area is 92.5 Å². The van der Waals surface area contributed by atoms with E-state index in [2.05, 4.69) is 0 Å². The lowest BCUT2D eigenvalue weighted by atomic mass is 10.1. The van der Waals surface area contributed by atoms with Crippen molar-refractivity contribution < 1.29 is 18.7 Å². The molecule has 2 rings (SSSR count). The van der Waals surface area contributed by atoms with Gasteiger partial charge in [0.2, 0.25) is 5.78 Å². The molecule has 4 heteroatoms. The predicted octanol–water partition coefficient (Wildman–Crippen LogP) is 2.13. The molecule has 1 aromatic rings. The molecule has 0 amide bonds. The number of Topliss-reactive ketones (excluding diaryl/α,β-unsaturated/α-hetero) is 1. The first-order valence-corrected chi connectivity index (χ1v) is 4.94. The molecule has 0 aromatic heterocycles. The molecule has 1 heterocycles. The van der Waals surface area contributed by atoms with Crippen LogP contribution in [0.25, 0.3) is 6.08 Å². The van der Waals surface area contributed by atoms with Crippen molar-refractivity contribution in [3.63, 3.8) is 0 Å². The molecular weight excluding hydrogens is 211 g/mol. The maximum Gasteiger partial charge on any atom is 0.223 e. The molecule has 84 valence electrons. The molecule has 1 aliphatic rings. The van der Waals surface area contributed by atoms with Crippen LogP contribution in [-0.2, 0) is 14.3 Å². The number of ether oxygens (including phenoxy) is 2. The molecule has 0 saturated carbocycles. The Bertz CT molecular complexity index is 422. The van der Waals surface area contributed by atoms with Crippen LogP contribution in [-0.4, -0.2) is 18.7 Å². The van der Waals surface area contributed by atoms with Crippen LogP contribution in [0, 0.1) is 5.82 Å². The van der Waals surface area contributed by atoms with Crippen LogP contribution in [0.15, 0.2) is 30.0 Å². The first kappa shape index (κ1) is 10.8. The summed E-state index contributed by atoms with van der Waals surface area (Å²) >= 11 is 0. The zero-order valence-electron chi connectivity index (χ0n) is 8.77. The number of carbonyl (C=O) groups is 1. The Morgan fingerprint density at radius 2 is 2.06 bits per heavy atom. The molecule has 1 saturated heterocycles. The van der Waals surface area contributed by atoms with E-state index in [-0.39, 0.29) is 24.0 Å². The van der Waals surface area contributed by atoms with E-state index >= 15 is 0 Å². The minimum atomic E-state index is -0.426. The standard InChI is InChI=1S/C12H11FO3/c1-8-15-7-11(14)12(16-8)6-9-2-4-10(13)5-3-9/h2-6,8H,7H2,1H3/b12-6-. The quantitative estimate of drug-likeness (QED) is 0.683. The summed E-state index contributed by atoms with van der Waals surface area (Å²) in [5.41, 5.74) is 0.721. The van der Waals surface area contributed by atoms with Crippen molar-refractivity contribution in [1.29, 1.82) is 0 Å². The molecule has 0 aliphatic carbocycles. The van der Waals surface area contributed by atoms with Crippen molar-refractivity contribution in [1.82, 2.24) is 0 Å². The molecule has 0 radical (unpaired) electrons. The number of hydrogen-bond acceptors (Lipinski definition) is 3. The zero-order chi connectivity index (χ0) is 11.5. The number of benzene rings is 1. The Morgan fingerprint density at radius 3 is 2.75 bits per heavy atom. The van der Waals surface area contributed by atoms with E-state index in [0.717, 1.165) is 5.56 Å². The van der Waals surface area contributed by atoms with Gasteiger partial charge in [0, 0.05) is 0 Å². The number of ketones is 1. The van der Waals surface area contributed by atoms with Crippen molar-refractivity contribution >= 4 is 11.9 Å². The van der Waals surface area contributed by atoms with E-state index in [0.29, 0.717) is 0 Å². The lowest BCUT2D eigenvalue weighted by Gasteiger charge is -2.22. The maximum atomic E-state index is 12.7. The Hall–Kier alpha value is -1.68. The fraction of sp³-hybridized carbons (Fsp3) is 0.250. The van der Waals surface area contributed by atoms with Gasteiger partial charge in [0.05, 0.1) is 0 Å². The van der Waals surface area contributed by atoms with Crippen LogP contribution in [0.2, 0.25) is 0 Å². The Balaban J connectivity index is 2.22. The van der Waals surface area contributed by atoms with Crippen molar-refractivity contribution in [2.75, 3.05) is 6.61 Å². The van der Waals surface area contributed by atoms with Gasteiger partial charge < -0.3 is 9.47 Å². The zero-order valence-corrected chi connectivity index (χ0v) is 8.77. The second-order valence-electron chi connectivity index (χ2n) is 3.48. The van der Waals surface area contributed by atoms with Crippen molar-refractivity contribution in [3.05, 3.63) is 41.4 Å². The van der Waals surface area contributed by atoms with E-state index in [1.165, 1.54) is 12.1 Å². The van der Waals surface area contributed by atoms with Crippen LogP contribution >= 0.6 is 0 Å². The molecule has 1 atom stereocenters. The minimum Gasteiger partial charge on any atom is -0.461 e. The van der Waals surface area contributed by atoms with Crippen molar-refractivity contribution in [2.45, 2.75) is 13.2 Å². The number of carbonyl (C=O) groups excluding carboxylic acids is 1. The maximum absolute atomic E-state index is 12.7. The smallest absolute Gasteiger partial charge is 0.223 e. The van der Waals surface area contributed by atoms with Gasteiger partial charge in [-0.1, -0.05) is 12.1 Å². The van der Waals surface area contributed by atoms with Gasteiger partial charge in [0.1, 0.15) is 12.4 Å². The first-order valence-electron chi connectivity index (χ1n) is 4.94. The number of rotatable bonds is 1. The van der Waals surface area contributed by atoms with Gasteiger partial charge in [-0.15, -0.1) is 0 Å². The lowest BCUT2D eigenvalue weighted by molar-refractivity contribution is -0.160. The molecule has 0 spiro atoms. The Morgan fingerprint density at radius 1 is 1.38 bits per heavy atom. The largest absolute Gasteiger partial charge is 0.461 e. The summed E-state index contributed by atoms with van der Waals surface area (Å²) in [7, 11) is 0. The van der Waals surface area contributed by atoms with E-state index in [9.17, 15) is 9.18 Å². The molecular formula is C12H11FO3. The molecule has 0 bridgehead atoms. The van der Waals surface area contributed by atoms with Gasteiger partial charge in [0.25, 0.3) is 0 Å². The summed E-state index contributed by atoms with van der Waals surface area (Å²) < 4.78 is 22.9. The SMILES string of the molecule is CC1OCC(=O)/C(=C/c2ccc(F)cc2)O1. The first-order chi connectivity index (χ1) is 7.65. The molecule has 1 unspecified atom stereocenters. The number of halogens is 1. The van der Waals surface area contributed by atoms with Crippen molar-refractivity contribution in [2.24, 2.45) is 0 Å². The number of hydrogen-bond donors (Lipinski definition) is 0. The van der Waals surface area contributed by atoms with Gasteiger partial charge in [-0.05, 0) is 30.7 Å². The highest BCUT2D eigenvalue weighted by Crippen LogP contribution is 2.16. The summed E-state index contributed by atoms with van der Waals surface area (Å²) in [4.78, 5) is 11.4. The average molecular weight is 222 g/mol. The van der Waals surface area contributed by atoms with Crippen LogP contribution < -0.4 is 0 Å². The van der Waals surface area contributed by atoms with E-state index in [1.54, 1.807) is 25.1 Å². The fourth-order valence-corrected chi connectivity index (χ4v) is 1.37. The summed E-state index contributed by atoms with van der Waals surface area (Å²) in [5.74, 6) is -0.262. The minimum absolute atomic E-state index is 0.0220. The van der Waals surface area contributed by atoms with Gasteiger partial charge in [-0.3, -0.25) is 4.79 Å². The lowest BCUT2D eigenvalue weighted by Crippen LogP contribution is -2.28. The molecule has 1 aromatic carbocycles. The normalized spacial score (nSPS) is 23.2. The fourth-order valence-electron chi connectivity index (χ4n) is 1.37. The highest BCUT2D eigenvalue weighted by atomic mass is 19.1. The van der Waals surface area contributed by atoms with E-state index in [4.69, 9.17) is 9.47 Å². The van der Waals surface area contributed by atoms with E-state index in [1.807, 2.05) is 0 Å². The van der Waals surface area contributed by atoms with Crippen LogP contribution in [0.3, 0.4) is 0 Å². The predicted molar refractivity (Wildman–Crippen MR) is 55.9 cm³/mol. The van der Waals surface area contributed by atoms with Gasteiger partial charge in [0.15, 0.2) is 12.0 Å². The second kappa shape index (κ2) is 4.45. The molecule has 16 heavy (non-hydrogen) atoms. The van der Waals surface area contributed by atoms with Crippen molar-refractivity contribution in [3.8, 4) is 0 Å². The monoisotopic (exact) mass is 222 g/mol. The Kier molecular flexibility index (Phi) is 3.01. The second-order valence-corrected chi connectivity index (χ2v) is 3.48. The van der Waals surface area contributed by atoms with Gasteiger partial charge in [-0.2, -0.15) is 0 Å². The van der Waals surface area contributed by atoms with Crippen LogP contribution in [0.1, 0.15) is 12.5 Å². The highest BCUT2D eigenvalue weighted by Gasteiger charge is 2.21. The third-order valence-corrected chi connectivity index (χ3v) is 2.18. The van der Waals surface area contributed by atoms with Crippen LogP contribution in [0.4, 0.5) is 4.39 Å². The molecule has 3 nitrogen and oxygen atoms in total. The summed E-state index contributed by atoms with van der Waals surface area (Å²) in [6, 6.07) is 5.83. The average Bonchev–Trinajstić information content (AvgIpc) is 2.27. The van der Waals surface area contributed by atoms with E-state index < -0.39 is 6.29 Å². The third-order valence-electron chi connectivity index (χ3n) is 2.18. The highest BCUT2D eigenvalue weighted by molar-refractivity contribution is 5.98. The molecule has 0 N–H and O–H groups in total. The summed E-state index contributed by atoms with van der Waals surface area (Å²) in [6.07, 6.45) is 1.16. The van der Waals surface area contributed by atoms with Gasteiger partial charge in [-0.25, -0.2) is 4.39 Å². The molecule has 1 aliphatic heterocycles. The third kappa shape index (κ3) is 2.46.